The van der Waals surface area contributed by atoms with Crippen molar-refractivity contribution in [3.8, 4) is 0 Å². The molecular weight excluding hydrogens is 234 g/mol. The fourth-order valence-corrected chi connectivity index (χ4v) is 1.33. The SMILES string of the molecule is C=CCOC(=O)N(CC(=O)O)c1ccc(C)cc1. The van der Waals surface area contributed by atoms with Crippen LogP contribution in [0.25, 0.3) is 0 Å². The van der Waals surface area contributed by atoms with Crippen molar-refractivity contribution < 1.29 is 19.4 Å². The number of anilines is 1. The highest BCUT2D eigenvalue weighted by Crippen LogP contribution is 2.16. The van der Waals surface area contributed by atoms with Gasteiger partial charge in [0.25, 0.3) is 0 Å². The van der Waals surface area contributed by atoms with Crippen LogP contribution in [-0.2, 0) is 9.53 Å². The van der Waals surface area contributed by atoms with Gasteiger partial charge in [0.1, 0.15) is 13.2 Å². The number of aliphatic carboxylic acids is 1. The summed E-state index contributed by atoms with van der Waals surface area (Å²) in [6.45, 7) is 4.93. The highest BCUT2D eigenvalue weighted by molar-refractivity contribution is 5.93. The first-order valence-electron chi connectivity index (χ1n) is 5.38. The third-order valence-electron chi connectivity index (χ3n) is 2.18. The summed E-state index contributed by atoms with van der Waals surface area (Å²) in [6.07, 6.45) is 0.715. The largest absolute Gasteiger partial charge is 0.480 e. The monoisotopic (exact) mass is 249 g/mol. The first-order chi connectivity index (χ1) is 8.54. The summed E-state index contributed by atoms with van der Waals surface area (Å²) >= 11 is 0. The molecule has 96 valence electrons. The second kappa shape index (κ2) is 6.44. The number of ether oxygens (including phenoxy) is 1. The maximum atomic E-state index is 11.7. The van der Waals surface area contributed by atoms with Crippen LogP contribution < -0.4 is 4.90 Å². The first kappa shape index (κ1) is 13.8. The Balaban J connectivity index is 2.89. The molecule has 0 unspecified atom stereocenters. The average molecular weight is 249 g/mol. The predicted molar refractivity (Wildman–Crippen MR) is 67.7 cm³/mol. The minimum Gasteiger partial charge on any atom is -0.480 e. The molecule has 1 N–H and O–H groups in total. The molecule has 1 rings (SSSR count). The van der Waals surface area contributed by atoms with Crippen LogP contribution in [0.15, 0.2) is 36.9 Å². The van der Waals surface area contributed by atoms with Gasteiger partial charge in [-0.3, -0.25) is 9.69 Å². The van der Waals surface area contributed by atoms with E-state index < -0.39 is 18.6 Å². The van der Waals surface area contributed by atoms with E-state index >= 15 is 0 Å². The van der Waals surface area contributed by atoms with Gasteiger partial charge in [0.2, 0.25) is 0 Å². The van der Waals surface area contributed by atoms with E-state index in [-0.39, 0.29) is 6.61 Å². The van der Waals surface area contributed by atoms with Gasteiger partial charge in [-0.15, -0.1) is 0 Å². The summed E-state index contributed by atoms with van der Waals surface area (Å²) in [6, 6.07) is 6.94. The molecule has 5 nitrogen and oxygen atoms in total. The number of benzene rings is 1. The smallest absolute Gasteiger partial charge is 0.415 e. The van der Waals surface area contributed by atoms with Gasteiger partial charge in [-0.05, 0) is 19.1 Å². The van der Waals surface area contributed by atoms with Crippen LogP contribution in [0.3, 0.4) is 0 Å². The van der Waals surface area contributed by atoms with Gasteiger partial charge in [0.05, 0.1) is 0 Å². The molecule has 5 heteroatoms. The number of hydrogen-bond acceptors (Lipinski definition) is 3. The number of carboxylic acid groups (broad SMARTS) is 1. The van der Waals surface area contributed by atoms with Crippen LogP contribution in [0.5, 0.6) is 0 Å². The predicted octanol–water partition coefficient (Wildman–Crippen LogP) is 2.21. The van der Waals surface area contributed by atoms with Crippen LogP contribution in [0, 0.1) is 6.92 Å². The molecule has 0 fully saturated rings. The summed E-state index contributed by atoms with van der Waals surface area (Å²) in [7, 11) is 0. The zero-order valence-electron chi connectivity index (χ0n) is 10.1. The van der Waals surface area contributed by atoms with Crippen molar-refractivity contribution in [2.24, 2.45) is 0 Å². The van der Waals surface area contributed by atoms with Gasteiger partial charge in [0, 0.05) is 5.69 Å². The summed E-state index contributed by atoms with van der Waals surface area (Å²) in [5.74, 6) is -1.11. The highest BCUT2D eigenvalue weighted by atomic mass is 16.6. The molecular formula is C13H15NO4. The quantitative estimate of drug-likeness (QED) is 0.812. The molecule has 1 amide bonds. The molecule has 1 aromatic carbocycles. The minimum absolute atomic E-state index is 0.0425. The molecule has 0 saturated carbocycles. The summed E-state index contributed by atoms with van der Waals surface area (Å²) < 4.78 is 4.84. The Bertz CT molecular complexity index is 439. The van der Waals surface area contributed by atoms with Gasteiger partial charge in [0.15, 0.2) is 0 Å². The van der Waals surface area contributed by atoms with Crippen LogP contribution in [0.1, 0.15) is 5.56 Å². The van der Waals surface area contributed by atoms with Crippen molar-refractivity contribution in [2.45, 2.75) is 6.92 Å². The molecule has 0 atom stereocenters. The lowest BCUT2D eigenvalue weighted by Crippen LogP contribution is -2.36. The molecule has 0 bridgehead atoms. The van der Waals surface area contributed by atoms with E-state index in [1.807, 2.05) is 6.92 Å². The summed E-state index contributed by atoms with van der Waals surface area (Å²) in [5, 5.41) is 8.80. The molecule has 1 aromatic rings. The third-order valence-corrected chi connectivity index (χ3v) is 2.18. The van der Waals surface area contributed by atoms with Crippen molar-refractivity contribution in [1.82, 2.24) is 0 Å². The van der Waals surface area contributed by atoms with Crippen molar-refractivity contribution in [2.75, 3.05) is 18.1 Å². The standard InChI is InChI=1S/C13H15NO4/c1-3-8-18-13(17)14(9-12(15)16)11-6-4-10(2)5-7-11/h3-7H,1,8-9H2,2H3,(H,15,16). The number of hydrogen-bond donors (Lipinski definition) is 1. The van der Waals surface area contributed by atoms with Crippen LogP contribution in [0.2, 0.25) is 0 Å². The van der Waals surface area contributed by atoms with Gasteiger partial charge < -0.3 is 9.84 Å². The summed E-state index contributed by atoms with van der Waals surface area (Å²) in [4.78, 5) is 23.5. The number of amides is 1. The maximum Gasteiger partial charge on any atom is 0.415 e. The van der Waals surface area contributed by atoms with Crippen molar-refractivity contribution in [3.63, 3.8) is 0 Å². The fraction of sp³-hybridized carbons (Fsp3) is 0.231. The molecule has 0 heterocycles. The van der Waals surface area contributed by atoms with Crippen molar-refractivity contribution >= 4 is 17.7 Å². The van der Waals surface area contributed by atoms with E-state index in [0.717, 1.165) is 10.5 Å². The highest BCUT2D eigenvalue weighted by Gasteiger charge is 2.19. The first-order valence-corrected chi connectivity index (χ1v) is 5.38. The third kappa shape index (κ3) is 3.93. The molecule has 0 saturated heterocycles. The normalized spacial score (nSPS) is 9.61. The zero-order chi connectivity index (χ0) is 13.5. The molecule has 0 aliphatic heterocycles. The molecule has 0 aromatic heterocycles. The fourth-order valence-electron chi connectivity index (χ4n) is 1.33. The van der Waals surface area contributed by atoms with Crippen LogP contribution in [-0.4, -0.2) is 30.3 Å². The number of carboxylic acids is 1. The Morgan fingerprint density at radius 3 is 2.50 bits per heavy atom. The molecule has 0 aliphatic carbocycles. The Hall–Kier alpha value is -2.30. The second-order valence-corrected chi connectivity index (χ2v) is 3.68. The second-order valence-electron chi connectivity index (χ2n) is 3.68. The molecule has 0 radical (unpaired) electrons. The van der Waals surface area contributed by atoms with E-state index in [9.17, 15) is 9.59 Å². The molecule has 18 heavy (non-hydrogen) atoms. The van der Waals surface area contributed by atoms with E-state index in [0.29, 0.717) is 5.69 Å². The number of nitrogens with zero attached hydrogens (tertiary/aromatic N) is 1. The average Bonchev–Trinajstić information content (AvgIpc) is 2.34. The summed E-state index contributed by atoms with van der Waals surface area (Å²) in [5.41, 5.74) is 1.51. The number of carbonyl (C=O) groups is 2. The van der Waals surface area contributed by atoms with Gasteiger partial charge >= 0.3 is 12.1 Å². The van der Waals surface area contributed by atoms with Crippen molar-refractivity contribution in [1.29, 1.82) is 0 Å². The van der Waals surface area contributed by atoms with E-state index in [4.69, 9.17) is 9.84 Å². The Labute approximate surface area is 105 Å². The number of carbonyl (C=O) groups excluding carboxylic acids is 1. The minimum atomic E-state index is -1.11. The van der Waals surface area contributed by atoms with E-state index in [2.05, 4.69) is 6.58 Å². The van der Waals surface area contributed by atoms with Gasteiger partial charge in [-0.25, -0.2) is 4.79 Å². The van der Waals surface area contributed by atoms with Gasteiger partial charge in [-0.2, -0.15) is 0 Å². The lowest BCUT2D eigenvalue weighted by molar-refractivity contribution is -0.135. The Kier molecular flexibility index (Phi) is 4.92. The van der Waals surface area contributed by atoms with E-state index in [1.165, 1.54) is 6.08 Å². The van der Waals surface area contributed by atoms with E-state index in [1.54, 1.807) is 24.3 Å². The van der Waals surface area contributed by atoms with Gasteiger partial charge in [-0.1, -0.05) is 30.4 Å². The number of rotatable bonds is 5. The molecule has 0 aliphatic rings. The lowest BCUT2D eigenvalue weighted by atomic mass is 10.2. The lowest BCUT2D eigenvalue weighted by Gasteiger charge is -2.20. The topological polar surface area (TPSA) is 66.8 Å². The van der Waals surface area contributed by atoms with Crippen molar-refractivity contribution in [3.05, 3.63) is 42.5 Å². The Morgan fingerprint density at radius 2 is 2.00 bits per heavy atom. The molecule has 0 spiro atoms. The zero-order valence-corrected chi connectivity index (χ0v) is 10.1. The maximum absolute atomic E-state index is 11.7. The van der Waals surface area contributed by atoms with Crippen LogP contribution in [0.4, 0.5) is 10.5 Å². The Morgan fingerprint density at radius 1 is 1.39 bits per heavy atom. The van der Waals surface area contributed by atoms with Crippen LogP contribution >= 0.6 is 0 Å². The number of aryl methyl sites for hydroxylation is 1.